The van der Waals surface area contributed by atoms with Crippen LogP contribution in [0, 0.1) is 10.1 Å². The summed E-state index contributed by atoms with van der Waals surface area (Å²) in [5.74, 6) is -0.0167. The van der Waals surface area contributed by atoms with Crippen LogP contribution >= 0.6 is 0 Å². The van der Waals surface area contributed by atoms with Crippen molar-refractivity contribution in [3.05, 3.63) is 70.8 Å². The molecule has 0 spiro atoms. The highest BCUT2D eigenvalue weighted by Crippen LogP contribution is 2.32. The Balaban J connectivity index is 1.91. The number of benzene rings is 2. The SMILES string of the molecule is COc1cc(C=Nn2cnnc2)ccc1OS(=O)(=O)c1ccccc1[N+](=O)[O-]. The third-order valence-electron chi connectivity index (χ3n) is 3.47. The summed E-state index contributed by atoms with van der Waals surface area (Å²) in [6.07, 6.45) is 4.27. The molecule has 0 N–H and O–H groups in total. The predicted molar refractivity (Wildman–Crippen MR) is 96.9 cm³/mol. The number of rotatable bonds is 7. The standard InChI is InChI=1S/C16H13N5O6S/c1-26-15-8-12(9-19-20-10-17-18-11-20)6-7-14(15)27-28(24,25)16-5-3-2-4-13(16)21(22)23/h2-11H,1H3. The minimum absolute atomic E-state index is 0.106. The summed E-state index contributed by atoms with van der Waals surface area (Å²) >= 11 is 0. The molecule has 1 aromatic heterocycles. The molecule has 1 heterocycles. The molecule has 2 aromatic carbocycles. The van der Waals surface area contributed by atoms with Gasteiger partial charge in [-0.25, -0.2) is 4.68 Å². The Kier molecular flexibility index (Phi) is 5.31. The van der Waals surface area contributed by atoms with E-state index in [1.807, 2.05) is 0 Å². The van der Waals surface area contributed by atoms with Gasteiger partial charge in [-0.05, 0) is 29.8 Å². The molecule has 28 heavy (non-hydrogen) atoms. The quantitative estimate of drug-likeness (QED) is 0.252. The minimum atomic E-state index is -4.46. The van der Waals surface area contributed by atoms with E-state index < -0.39 is 25.6 Å². The summed E-state index contributed by atoms with van der Waals surface area (Å²) in [4.78, 5) is 9.74. The Bertz CT molecular complexity index is 1130. The fraction of sp³-hybridized carbons (Fsp3) is 0.0625. The van der Waals surface area contributed by atoms with Crippen LogP contribution in [0.25, 0.3) is 0 Å². The molecule has 12 heteroatoms. The lowest BCUT2D eigenvalue weighted by Crippen LogP contribution is -2.12. The summed E-state index contributed by atoms with van der Waals surface area (Å²) in [6.45, 7) is 0. The van der Waals surface area contributed by atoms with Gasteiger partial charge in [-0.3, -0.25) is 10.1 Å². The van der Waals surface area contributed by atoms with Gasteiger partial charge < -0.3 is 8.92 Å². The smallest absolute Gasteiger partial charge is 0.346 e. The third-order valence-corrected chi connectivity index (χ3v) is 4.75. The molecule has 0 fully saturated rings. The van der Waals surface area contributed by atoms with E-state index in [4.69, 9.17) is 8.92 Å². The largest absolute Gasteiger partial charge is 0.493 e. The Morgan fingerprint density at radius 3 is 2.54 bits per heavy atom. The lowest BCUT2D eigenvalue weighted by molar-refractivity contribution is -0.387. The lowest BCUT2D eigenvalue weighted by atomic mass is 10.2. The molecule has 3 rings (SSSR count). The molecule has 0 aliphatic heterocycles. The molecule has 0 radical (unpaired) electrons. The fourth-order valence-corrected chi connectivity index (χ4v) is 3.31. The van der Waals surface area contributed by atoms with Crippen molar-refractivity contribution < 1.29 is 22.3 Å². The average Bonchev–Trinajstić information content (AvgIpc) is 3.20. The lowest BCUT2D eigenvalue weighted by Gasteiger charge is -2.11. The highest BCUT2D eigenvalue weighted by molar-refractivity contribution is 7.87. The number of methoxy groups -OCH3 is 1. The maximum Gasteiger partial charge on any atom is 0.346 e. The van der Waals surface area contributed by atoms with Crippen molar-refractivity contribution in [2.75, 3.05) is 7.11 Å². The van der Waals surface area contributed by atoms with Crippen LogP contribution in [0.4, 0.5) is 5.69 Å². The van der Waals surface area contributed by atoms with Gasteiger partial charge in [0.25, 0.3) is 5.69 Å². The van der Waals surface area contributed by atoms with Gasteiger partial charge in [0.1, 0.15) is 12.7 Å². The monoisotopic (exact) mass is 403 g/mol. The highest BCUT2D eigenvalue weighted by atomic mass is 32.2. The summed E-state index contributed by atoms with van der Waals surface area (Å²) in [5.41, 5.74) is 0.000140. The third kappa shape index (κ3) is 4.12. The molecular formula is C16H13N5O6S. The maximum absolute atomic E-state index is 12.5. The van der Waals surface area contributed by atoms with Crippen molar-refractivity contribution in [2.45, 2.75) is 4.90 Å². The van der Waals surface area contributed by atoms with Crippen molar-refractivity contribution >= 4 is 22.0 Å². The zero-order valence-electron chi connectivity index (χ0n) is 14.4. The predicted octanol–water partition coefficient (Wildman–Crippen LogP) is 1.84. The van der Waals surface area contributed by atoms with Crippen LogP contribution in [0.3, 0.4) is 0 Å². The van der Waals surface area contributed by atoms with Gasteiger partial charge >= 0.3 is 10.1 Å². The number of ether oxygens (including phenoxy) is 1. The number of hydrogen-bond donors (Lipinski definition) is 0. The normalized spacial score (nSPS) is 11.5. The van der Waals surface area contributed by atoms with Gasteiger partial charge in [-0.2, -0.15) is 13.5 Å². The van der Waals surface area contributed by atoms with Crippen LogP contribution in [0.15, 0.2) is 65.1 Å². The second-order valence-corrected chi connectivity index (χ2v) is 6.77. The second-order valence-electron chi connectivity index (χ2n) is 5.26. The second kappa shape index (κ2) is 7.84. The van der Waals surface area contributed by atoms with Gasteiger partial charge in [-0.15, -0.1) is 10.2 Å². The zero-order chi connectivity index (χ0) is 20.1. The van der Waals surface area contributed by atoms with E-state index in [0.717, 1.165) is 12.1 Å². The number of aromatic nitrogens is 3. The molecule has 0 unspecified atom stereocenters. The molecule has 144 valence electrons. The van der Waals surface area contributed by atoms with Crippen LogP contribution in [0.5, 0.6) is 11.5 Å². The van der Waals surface area contributed by atoms with Crippen molar-refractivity contribution in [3.8, 4) is 11.5 Å². The van der Waals surface area contributed by atoms with Crippen LogP contribution in [0.2, 0.25) is 0 Å². The van der Waals surface area contributed by atoms with E-state index in [2.05, 4.69) is 15.3 Å². The Labute approximate surface area is 159 Å². The molecule has 0 saturated carbocycles. The number of nitro benzene ring substituents is 1. The maximum atomic E-state index is 12.5. The highest BCUT2D eigenvalue weighted by Gasteiger charge is 2.28. The van der Waals surface area contributed by atoms with Gasteiger partial charge in [0, 0.05) is 6.07 Å². The van der Waals surface area contributed by atoms with Crippen LogP contribution < -0.4 is 8.92 Å². The van der Waals surface area contributed by atoms with Crippen LogP contribution in [-0.2, 0) is 10.1 Å². The van der Waals surface area contributed by atoms with E-state index in [1.165, 1.54) is 54.9 Å². The van der Waals surface area contributed by atoms with Gasteiger partial charge in [0.2, 0.25) is 0 Å². The summed E-state index contributed by atoms with van der Waals surface area (Å²) in [6, 6.07) is 9.31. The van der Waals surface area contributed by atoms with Crippen LogP contribution in [0.1, 0.15) is 5.56 Å². The Hall–Kier alpha value is -3.80. The first-order chi connectivity index (χ1) is 13.4. The molecular weight excluding hydrogens is 390 g/mol. The van der Waals surface area contributed by atoms with Crippen LogP contribution in [-0.4, -0.2) is 41.5 Å². The molecule has 11 nitrogen and oxygen atoms in total. The van der Waals surface area contributed by atoms with Gasteiger partial charge in [-0.1, -0.05) is 12.1 Å². The van der Waals surface area contributed by atoms with Gasteiger partial charge in [0.15, 0.2) is 16.4 Å². The molecule has 0 aliphatic rings. The molecule has 3 aromatic rings. The summed E-state index contributed by atoms with van der Waals surface area (Å²) in [7, 11) is -3.12. The van der Waals surface area contributed by atoms with Crippen molar-refractivity contribution in [3.63, 3.8) is 0 Å². The first kappa shape index (κ1) is 19.0. The molecule has 0 bridgehead atoms. The fourth-order valence-electron chi connectivity index (χ4n) is 2.20. The van der Waals surface area contributed by atoms with Crippen molar-refractivity contribution in [1.82, 2.24) is 14.9 Å². The topological polar surface area (TPSA) is 139 Å². The van der Waals surface area contributed by atoms with E-state index in [-0.39, 0.29) is 11.5 Å². The molecule has 0 amide bonds. The van der Waals surface area contributed by atoms with E-state index in [9.17, 15) is 18.5 Å². The number of para-hydroxylation sites is 1. The van der Waals surface area contributed by atoms with Crippen molar-refractivity contribution in [1.29, 1.82) is 0 Å². The van der Waals surface area contributed by atoms with E-state index in [1.54, 1.807) is 6.07 Å². The molecule has 0 atom stereocenters. The average molecular weight is 403 g/mol. The number of hydrogen-bond acceptors (Lipinski definition) is 9. The minimum Gasteiger partial charge on any atom is -0.493 e. The van der Waals surface area contributed by atoms with E-state index >= 15 is 0 Å². The number of nitrogens with zero attached hydrogens (tertiary/aromatic N) is 5. The van der Waals surface area contributed by atoms with Gasteiger partial charge in [0.05, 0.1) is 18.2 Å². The first-order valence-electron chi connectivity index (χ1n) is 7.65. The molecule has 0 aliphatic carbocycles. The Morgan fingerprint density at radius 1 is 1.14 bits per heavy atom. The first-order valence-corrected chi connectivity index (χ1v) is 9.06. The van der Waals surface area contributed by atoms with Crippen molar-refractivity contribution in [2.24, 2.45) is 5.10 Å². The Morgan fingerprint density at radius 2 is 1.86 bits per heavy atom. The molecule has 0 saturated heterocycles. The summed E-state index contributed by atoms with van der Waals surface area (Å²) < 4.78 is 36.7. The number of nitro groups is 1. The zero-order valence-corrected chi connectivity index (χ0v) is 15.2. The summed E-state index contributed by atoms with van der Waals surface area (Å²) in [5, 5.41) is 22.4. The van der Waals surface area contributed by atoms with E-state index in [0.29, 0.717) is 5.56 Å².